The molecular weight excluding hydrogens is 187 g/mol. The highest BCUT2D eigenvalue weighted by atomic mass is 19.4. The first-order valence-electron chi connectivity index (χ1n) is 3.83. The quantitative estimate of drug-likeness (QED) is 0.704. The van der Waals surface area contributed by atoms with Gasteiger partial charge in [-0.1, -0.05) is 0 Å². The molecule has 0 fully saturated rings. The second-order valence-electron chi connectivity index (χ2n) is 2.78. The first-order chi connectivity index (χ1) is 5.81. The molecule has 6 heteroatoms. The van der Waals surface area contributed by atoms with Crippen molar-refractivity contribution >= 4 is 5.91 Å². The van der Waals surface area contributed by atoms with Crippen LogP contribution in [0.15, 0.2) is 0 Å². The Morgan fingerprint density at radius 3 is 2.46 bits per heavy atom. The minimum Gasteiger partial charge on any atom is -0.393 e. The summed E-state index contributed by atoms with van der Waals surface area (Å²) in [6, 6.07) is 0. The molecule has 1 atom stereocenters. The first-order valence-corrected chi connectivity index (χ1v) is 3.83. The molecule has 0 aromatic rings. The van der Waals surface area contributed by atoms with Crippen LogP contribution in [0.3, 0.4) is 0 Å². The van der Waals surface area contributed by atoms with Crippen molar-refractivity contribution in [2.45, 2.75) is 32.0 Å². The highest BCUT2D eigenvalue weighted by Crippen LogP contribution is 2.12. The minimum absolute atomic E-state index is 0.0895. The van der Waals surface area contributed by atoms with Crippen LogP contribution in [0.2, 0.25) is 0 Å². The number of carbonyl (C=O) groups excluding carboxylic acids is 1. The smallest absolute Gasteiger partial charge is 0.393 e. The molecule has 3 nitrogen and oxygen atoms in total. The molecule has 0 aromatic heterocycles. The number of aliphatic hydroxyl groups is 1. The lowest BCUT2D eigenvalue weighted by molar-refractivity contribution is -0.138. The second-order valence-corrected chi connectivity index (χ2v) is 2.78. The molecular formula is C7H12F3NO2. The van der Waals surface area contributed by atoms with Crippen molar-refractivity contribution in [3.8, 4) is 0 Å². The molecule has 0 bridgehead atoms. The normalized spacial score (nSPS) is 13.9. The van der Waals surface area contributed by atoms with Gasteiger partial charge in [0.05, 0.1) is 6.10 Å². The monoisotopic (exact) mass is 199 g/mol. The number of hydrogen-bond donors (Lipinski definition) is 2. The van der Waals surface area contributed by atoms with E-state index in [1.54, 1.807) is 5.32 Å². The Kier molecular flexibility index (Phi) is 4.76. The van der Waals surface area contributed by atoms with Crippen LogP contribution < -0.4 is 5.32 Å². The molecule has 0 saturated heterocycles. The molecule has 1 unspecified atom stereocenters. The lowest BCUT2D eigenvalue weighted by atomic mass is 10.2. The van der Waals surface area contributed by atoms with E-state index in [2.05, 4.69) is 0 Å². The molecule has 0 spiro atoms. The molecule has 0 aliphatic heterocycles. The van der Waals surface area contributed by atoms with Crippen molar-refractivity contribution in [3.63, 3.8) is 0 Å². The fourth-order valence-electron chi connectivity index (χ4n) is 0.627. The lowest BCUT2D eigenvalue weighted by Gasteiger charge is -2.08. The van der Waals surface area contributed by atoms with Crippen molar-refractivity contribution in [1.82, 2.24) is 5.32 Å². The zero-order chi connectivity index (χ0) is 10.5. The van der Waals surface area contributed by atoms with Gasteiger partial charge in [0.25, 0.3) is 0 Å². The zero-order valence-corrected chi connectivity index (χ0v) is 7.19. The van der Waals surface area contributed by atoms with E-state index in [4.69, 9.17) is 5.11 Å². The van der Waals surface area contributed by atoms with Crippen LogP contribution in [0.4, 0.5) is 13.2 Å². The van der Waals surface area contributed by atoms with Gasteiger partial charge in [0.2, 0.25) is 5.91 Å². The van der Waals surface area contributed by atoms with Gasteiger partial charge < -0.3 is 10.4 Å². The summed E-state index contributed by atoms with van der Waals surface area (Å²) in [5.74, 6) is -0.696. The SMILES string of the molecule is CC(O)CCC(=O)NCC(F)(F)F. The third kappa shape index (κ3) is 9.13. The predicted octanol–water partition coefficient (Wildman–Crippen LogP) is 0.826. The number of aliphatic hydroxyl groups excluding tert-OH is 1. The lowest BCUT2D eigenvalue weighted by Crippen LogP contribution is -2.33. The number of rotatable bonds is 4. The van der Waals surface area contributed by atoms with E-state index in [-0.39, 0.29) is 12.8 Å². The van der Waals surface area contributed by atoms with Gasteiger partial charge in [0.15, 0.2) is 0 Å². The van der Waals surface area contributed by atoms with E-state index < -0.39 is 24.7 Å². The second kappa shape index (κ2) is 5.06. The van der Waals surface area contributed by atoms with Crippen LogP contribution in [-0.2, 0) is 4.79 Å². The number of carbonyl (C=O) groups is 1. The Bertz CT molecular complexity index is 168. The van der Waals surface area contributed by atoms with E-state index in [0.29, 0.717) is 0 Å². The summed E-state index contributed by atoms with van der Waals surface area (Å²) in [5.41, 5.74) is 0. The van der Waals surface area contributed by atoms with Crippen LogP contribution in [0.25, 0.3) is 0 Å². The zero-order valence-electron chi connectivity index (χ0n) is 7.19. The third-order valence-electron chi connectivity index (χ3n) is 1.28. The van der Waals surface area contributed by atoms with Gasteiger partial charge in [-0.25, -0.2) is 0 Å². The summed E-state index contributed by atoms with van der Waals surface area (Å²) in [6.45, 7) is 0.155. The van der Waals surface area contributed by atoms with Gasteiger partial charge in [-0.15, -0.1) is 0 Å². The highest BCUT2D eigenvalue weighted by molar-refractivity contribution is 5.75. The predicted molar refractivity (Wildman–Crippen MR) is 40.0 cm³/mol. The topological polar surface area (TPSA) is 49.3 Å². The number of alkyl halides is 3. The van der Waals surface area contributed by atoms with E-state index in [1.165, 1.54) is 6.92 Å². The van der Waals surface area contributed by atoms with Crippen LogP contribution in [0.1, 0.15) is 19.8 Å². The number of hydrogen-bond acceptors (Lipinski definition) is 2. The first kappa shape index (κ1) is 12.2. The van der Waals surface area contributed by atoms with Crippen LogP contribution in [-0.4, -0.2) is 29.8 Å². The van der Waals surface area contributed by atoms with Gasteiger partial charge >= 0.3 is 6.18 Å². The summed E-state index contributed by atoms with van der Waals surface area (Å²) < 4.78 is 34.7. The summed E-state index contributed by atoms with van der Waals surface area (Å²) in [7, 11) is 0. The van der Waals surface area contributed by atoms with E-state index >= 15 is 0 Å². The van der Waals surface area contributed by atoms with E-state index in [9.17, 15) is 18.0 Å². The fraction of sp³-hybridized carbons (Fsp3) is 0.857. The third-order valence-corrected chi connectivity index (χ3v) is 1.28. The number of amides is 1. The molecule has 0 saturated carbocycles. The molecule has 0 rings (SSSR count). The van der Waals surface area contributed by atoms with Gasteiger partial charge in [-0.2, -0.15) is 13.2 Å². The molecule has 2 N–H and O–H groups in total. The number of nitrogens with one attached hydrogen (secondary N) is 1. The van der Waals surface area contributed by atoms with Crippen molar-refractivity contribution in [2.75, 3.05) is 6.54 Å². The Labute approximate surface area is 73.9 Å². The largest absolute Gasteiger partial charge is 0.405 e. The standard InChI is InChI=1S/C7H12F3NO2/c1-5(12)2-3-6(13)11-4-7(8,9)10/h5,12H,2-4H2,1H3,(H,11,13). The van der Waals surface area contributed by atoms with Crippen molar-refractivity contribution in [3.05, 3.63) is 0 Å². The molecule has 13 heavy (non-hydrogen) atoms. The molecule has 0 radical (unpaired) electrons. The Balaban J connectivity index is 3.53. The molecule has 0 heterocycles. The van der Waals surface area contributed by atoms with Crippen molar-refractivity contribution in [1.29, 1.82) is 0 Å². The summed E-state index contributed by atoms with van der Waals surface area (Å²) in [4.78, 5) is 10.7. The Hall–Kier alpha value is -0.780. The molecule has 0 aliphatic carbocycles. The summed E-state index contributed by atoms with van der Waals surface area (Å²) in [6.07, 6.45) is -4.96. The van der Waals surface area contributed by atoms with Crippen LogP contribution >= 0.6 is 0 Å². The van der Waals surface area contributed by atoms with Gasteiger partial charge in [0, 0.05) is 6.42 Å². The van der Waals surface area contributed by atoms with Gasteiger partial charge in [-0.3, -0.25) is 4.79 Å². The van der Waals surface area contributed by atoms with Crippen LogP contribution in [0, 0.1) is 0 Å². The maximum atomic E-state index is 11.6. The average Bonchev–Trinajstić information content (AvgIpc) is 1.95. The Morgan fingerprint density at radius 2 is 2.08 bits per heavy atom. The summed E-state index contributed by atoms with van der Waals surface area (Å²) >= 11 is 0. The molecule has 78 valence electrons. The highest BCUT2D eigenvalue weighted by Gasteiger charge is 2.27. The molecule has 0 aromatic carbocycles. The van der Waals surface area contributed by atoms with Gasteiger partial charge in [-0.05, 0) is 13.3 Å². The fourth-order valence-corrected chi connectivity index (χ4v) is 0.627. The van der Waals surface area contributed by atoms with E-state index in [0.717, 1.165) is 0 Å². The summed E-state index contributed by atoms with van der Waals surface area (Å²) in [5, 5.41) is 10.4. The van der Waals surface area contributed by atoms with Crippen LogP contribution in [0.5, 0.6) is 0 Å². The molecule has 1 amide bonds. The molecule has 0 aliphatic rings. The van der Waals surface area contributed by atoms with Crippen molar-refractivity contribution in [2.24, 2.45) is 0 Å². The van der Waals surface area contributed by atoms with Gasteiger partial charge in [0.1, 0.15) is 6.54 Å². The average molecular weight is 199 g/mol. The van der Waals surface area contributed by atoms with Crippen molar-refractivity contribution < 1.29 is 23.1 Å². The maximum absolute atomic E-state index is 11.6. The number of halogens is 3. The Morgan fingerprint density at radius 1 is 1.54 bits per heavy atom. The maximum Gasteiger partial charge on any atom is 0.405 e. The van der Waals surface area contributed by atoms with E-state index in [1.807, 2.05) is 0 Å². The minimum atomic E-state index is -4.37.